The van der Waals surface area contributed by atoms with Gasteiger partial charge in [-0.1, -0.05) is 0 Å². The first-order valence-electron chi connectivity index (χ1n) is 6.48. The van der Waals surface area contributed by atoms with Crippen LogP contribution in [0.1, 0.15) is 43.5 Å². The molecule has 0 aromatic heterocycles. The lowest BCUT2D eigenvalue weighted by Gasteiger charge is -2.41. The molecular formula is C14H21N3O. The lowest BCUT2D eigenvalue weighted by molar-refractivity contribution is 0.100. The third-order valence-corrected chi connectivity index (χ3v) is 3.78. The Kier molecular flexibility index (Phi) is 3.45. The van der Waals surface area contributed by atoms with Crippen molar-refractivity contribution in [1.82, 2.24) is 0 Å². The molecule has 0 spiro atoms. The number of amides is 1. The summed E-state index contributed by atoms with van der Waals surface area (Å²) >= 11 is 0. The number of hydrogen-bond acceptors (Lipinski definition) is 3. The number of nitrogens with zero attached hydrogens (tertiary/aromatic N) is 1. The van der Waals surface area contributed by atoms with E-state index >= 15 is 0 Å². The normalized spacial score (nSPS) is 24.0. The Balaban J connectivity index is 2.35. The van der Waals surface area contributed by atoms with Crippen molar-refractivity contribution >= 4 is 17.3 Å². The summed E-state index contributed by atoms with van der Waals surface area (Å²) in [5.74, 6) is -0.437. The molecule has 1 aromatic rings. The van der Waals surface area contributed by atoms with Crippen LogP contribution in [0.2, 0.25) is 0 Å². The van der Waals surface area contributed by atoms with Crippen molar-refractivity contribution in [3.8, 4) is 0 Å². The van der Waals surface area contributed by atoms with Crippen molar-refractivity contribution in [3.05, 3.63) is 23.8 Å². The van der Waals surface area contributed by atoms with Crippen LogP contribution in [-0.2, 0) is 0 Å². The van der Waals surface area contributed by atoms with Gasteiger partial charge in [-0.15, -0.1) is 0 Å². The van der Waals surface area contributed by atoms with Gasteiger partial charge in [0.2, 0.25) is 5.91 Å². The smallest absolute Gasteiger partial charge is 0.248 e. The average Bonchev–Trinajstić information content (AvgIpc) is 2.30. The van der Waals surface area contributed by atoms with Crippen LogP contribution in [0.25, 0.3) is 0 Å². The van der Waals surface area contributed by atoms with Crippen molar-refractivity contribution in [2.24, 2.45) is 5.73 Å². The first kappa shape index (κ1) is 12.7. The molecule has 0 aliphatic carbocycles. The molecule has 4 heteroatoms. The predicted molar refractivity (Wildman–Crippen MR) is 74.6 cm³/mol. The largest absolute Gasteiger partial charge is 0.397 e. The molecule has 1 aliphatic heterocycles. The Hall–Kier alpha value is -1.71. The number of anilines is 2. The van der Waals surface area contributed by atoms with Gasteiger partial charge in [0.25, 0.3) is 0 Å². The monoisotopic (exact) mass is 247 g/mol. The van der Waals surface area contributed by atoms with E-state index in [-0.39, 0.29) is 0 Å². The van der Waals surface area contributed by atoms with E-state index in [9.17, 15) is 4.79 Å². The molecule has 1 aromatic carbocycles. The maximum atomic E-state index is 11.1. The molecule has 0 saturated carbocycles. The summed E-state index contributed by atoms with van der Waals surface area (Å²) < 4.78 is 0. The van der Waals surface area contributed by atoms with Gasteiger partial charge in [-0.05, 0) is 51.3 Å². The first-order valence-corrected chi connectivity index (χ1v) is 6.48. The maximum absolute atomic E-state index is 11.1. The second kappa shape index (κ2) is 4.88. The summed E-state index contributed by atoms with van der Waals surface area (Å²) in [6, 6.07) is 6.30. The van der Waals surface area contributed by atoms with Gasteiger partial charge in [-0.2, -0.15) is 0 Å². The lowest BCUT2D eigenvalue weighted by atomic mass is 9.96. The summed E-state index contributed by atoms with van der Waals surface area (Å²) in [5.41, 5.74) is 13.4. The molecular weight excluding hydrogens is 226 g/mol. The summed E-state index contributed by atoms with van der Waals surface area (Å²) in [6.45, 7) is 4.44. The zero-order chi connectivity index (χ0) is 13.3. The number of nitrogen functional groups attached to an aromatic ring is 1. The van der Waals surface area contributed by atoms with E-state index in [1.165, 1.54) is 19.3 Å². The highest BCUT2D eigenvalue weighted by Crippen LogP contribution is 2.33. The van der Waals surface area contributed by atoms with Crippen LogP contribution in [-0.4, -0.2) is 18.0 Å². The third-order valence-electron chi connectivity index (χ3n) is 3.78. The number of hydrogen-bond donors (Lipinski definition) is 2. The van der Waals surface area contributed by atoms with Gasteiger partial charge in [-0.3, -0.25) is 4.79 Å². The molecule has 4 nitrogen and oxygen atoms in total. The van der Waals surface area contributed by atoms with Crippen LogP contribution in [0.3, 0.4) is 0 Å². The van der Waals surface area contributed by atoms with E-state index < -0.39 is 5.91 Å². The van der Waals surface area contributed by atoms with Gasteiger partial charge in [0, 0.05) is 17.6 Å². The topological polar surface area (TPSA) is 72.3 Å². The molecule has 2 rings (SSSR count). The van der Waals surface area contributed by atoms with E-state index in [4.69, 9.17) is 11.5 Å². The second-order valence-corrected chi connectivity index (χ2v) is 5.17. The van der Waals surface area contributed by atoms with Gasteiger partial charge in [0.15, 0.2) is 0 Å². The van der Waals surface area contributed by atoms with E-state index in [0.29, 0.717) is 23.3 Å². The fourth-order valence-corrected chi connectivity index (χ4v) is 2.84. The van der Waals surface area contributed by atoms with Gasteiger partial charge >= 0.3 is 0 Å². The predicted octanol–water partition coefficient (Wildman–Crippen LogP) is 2.14. The SMILES string of the molecule is C[C@@H]1CCC[C@H](C)N1c1ccc(C(N)=O)cc1N. The number of carbonyl (C=O) groups excluding carboxylic acids is 1. The molecule has 0 unspecified atom stereocenters. The summed E-state index contributed by atoms with van der Waals surface area (Å²) in [6.07, 6.45) is 3.63. The van der Waals surface area contributed by atoms with Crippen molar-refractivity contribution < 1.29 is 4.79 Å². The Bertz CT molecular complexity index is 448. The molecule has 0 bridgehead atoms. The Morgan fingerprint density at radius 1 is 1.28 bits per heavy atom. The van der Waals surface area contributed by atoms with Crippen LogP contribution in [0.5, 0.6) is 0 Å². The lowest BCUT2D eigenvalue weighted by Crippen LogP contribution is -2.44. The van der Waals surface area contributed by atoms with Crippen molar-refractivity contribution in [3.63, 3.8) is 0 Å². The minimum absolute atomic E-state index is 0.437. The summed E-state index contributed by atoms with van der Waals surface area (Å²) in [5, 5.41) is 0. The van der Waals surface area contributed by atoms with Crippen LogP contribution in [0.15, 0.2) is 18.2 Å². The fraction of sp³-hybridized carbons (Fsp3) is 0.500. The summed E-state index contributed by atoms with van der Waals surface area (Å²) in [7, 11) is 0. The quantitative estimate of drug-likeness (QED) is 0.786. The van der Waals surface area contributed by atoms with Crippen LogP contribution in [0.4, 0.5) is 11.4 Å². The maximum Gasteiger partial charge on any atom is 0.248 e. The molecule has 18 heavy (non-hydrogen) atoms. The van der Waals surface area contributed by atoms with E-state index in [1.54, 1.807) is 12.1 Å². The molecule has 1 saturated heterocycles. The molecule has 2 atom stereocenters. The minimum atomic E-state index is -0.437. The molecule has 1 fully saturated rings. The number of primary amides is 1. The van der Waals surface area contributed by atoms with Gasteiger partial charge in [0.1, 0.15) is 0 Å². The second-order valence-electron chi connectivity index (χ2n) is 5.17. The number of rotatable bonds is 2. The minimum Gasteiger partial charge on any atom is -0.397 e. The number of piperidine rings is 1. The zero-order valence-electron chi connectivity index (χ0n) is 11.0. The van der Waals surface area contributed by atoms with Crippen LogP contribution >= 0.6 is 0 Å². The zero-order valence-corrected chi connectivity index (χ0v) is 11.0. The van der Waals surface area contributed by atoms with E-state index in [2.05, 4.69) is 18.7 Å². The van der Waals surface area contributed by atoms with Gasteiger partial charge < -0.3 is 16.4 Å². The van der Waals surface area contributed by atoms with Crippen molar-refractivity contribution in [1.29, 1.82) is 0 Å². The molecule has 98 valence electrons. The number of carbonyl (C=O) groups is 1. The Morgan fingerprint density at radius 2 is 1.89 bits per heavy atom. The van der Waals surface area contributed by atoms with Crippen molar-refractivity contribution in [2.75, 3.05) is 10.6 Å². The number of nitrogens with two attached hydrogens (primary N) is 2. The molecule has 4 N–H and O–H groups in total. The highest BCUT2D eigenvalue weighted by Gasteiger charge is 2.26. The van der Waals surface area contributed by atoms with Gasteiger partial charge in [-0.25, -0.2) is 0 Å². The van der Waals surface area contributed by atoms with Crippen LogP contribution in [0, 0.1) is 0 Å². The molecule has 1 amide bonds. The highest BCUT2D eigenvalue weighted by atomic mass is 16.1. The van der Waals surface area contributed by atoms with E-state index in [1.807, 2.05) is 6.07 Å². The average molecular weight is 247 g/mol. The summed E-state index contributed by atoms with van der Waals surface area (Å²) in [4.78, 5) is 13.5. The van der Waals surface area contributed by atoms with Crippen LogP contribution < -0.4 is 16.4 Å². The fourth-order valence-electron chi connectivity index (χ4n) is 2.84. The Morgan fingerprint density at radius 3 is 2.39 bits per heavy atom. The molecule has 1 aliphatic rings. The Labute approximate surface area is 108 Å². The molecule has 1 heterocycles. The van der Waals surface area contributed by atoms with E-state index in [0.717, 1.165) is 5.69 Å². The first-order chi connectivity index (χ1) is 8.50. The third kappa shape index (κ3) is 2.28. The molecule has 0 radical (unpaired) electrons. The standard InChI is InChI=1S/C14H21N3O/c1-9-4-3-5-10(2)17(9)13-7-6-11(14(16)18)8-12(13)15/h6-10H,3-5,15H2,1-2H3,(H2,16,18)/t9-,10+. The number of benzene rings is 1. The van der Waals surface area contributed by atoms with Gasteiger partial charge in [0.05, 0.1) is 11.4 Å². The van der Waals surface area contributed by atoms with Crippen molar-refractivity contribution in [2.45, 2.75) is 45.2 Å². The highest BCUT2D eigenvalue weighted by molar-refractivity contribution is 5.95.